The molecule has 0 saturated carbocycles. The van der Waals surface area contributed by atoms with E-state index >= 15 is 0 Å². The van der Waals surface area contributed by atoms with Crippen LogP contribution in [0.2, 0.25) is 0 Å². The minimum Gasteiger partial charge on any atom is -0.475 e. The molecule has 1 heterocycles. The van der Waals surface area contributed by atoms with Gasteiger partial charge in [0.15, 0.2) is 0 Å². The van der Waals surface area contributed by atoms with Crippen LogP contribution in [0.3, 0.4) is 0 Å². The Hall–Kier alpha value is -1.27. The van der Waals surface area contributed by atoms with Crippen molar-refractivity contribution in [2.75, 3.05) is 27.2 Å². The number of hydrogen-bond donors (Lipinski definition) is 1. The van der Waals surface area contributed by atoms with Crippen molar-refractivity contribution in [2.45, 2.75) is 0 Å². The fraction of sp³-hybridized carbons (Fsp3) is 0.444. The normalized spacial score (nSPS) is 10.3. The molecule has 5 nitrogen and oxygen atoms in total. The van der Waals surface area contributed by atoms with Crippen molar-refractivity contribution in [3.05, 3.63) is 18.1 Å². The Balaban J connectivity index is 2.46. The summed E-state index contributed by atoms with van der Waals surface area (Å²) in [6.07, 6.45) is 3.03. The molecule has 1 aromatic heterocycles. The fourth-order valence-corrected chi connectivity index (χ4v) is 0.956. The highest BCUT2D eigenvalue weighted by Gasteiger charge is 2.00. The van der Waals surface area contributed by atoms with E-state index in [1.165, 1.54) is 12.4 Å². The maximum Gasteiger partial charge on any atom is 0.232 e. The van der Waals surface area contributed by atoms with Gasteiger partial charge in [0.2, 0.25) is 5.88 Å². The van der Waals surface area contributed by atoms with E-state index in [0.717, 1.165) is 6.54 Å². The Kier molecular flexibility index (Phi) is 4.38. The SMILES string of the molecule is CN(C)CCOc1cnc(C(N)=S)cn1. The lowest BCUT2D eigenvalue weighted by molar-refractivity contribution is 0.253. The molecule has 2 N–H and O–H groups in total. The molecule has 0 fully saturated rings. The molecule has 0 unspecified atom stereocenters. The first-order valence-corrected chi connectivity index (χ1v) is 4.90. The molecule has 6 heteroatoms. The molecule has 15 heavy (non-hydrogen) atoms. The zero-order chi connectivity index (χ0) is 11.3. The second-order valence-corrected chi connectivity index (χ2v) is 3.70. The first-order valence-electron chi connectivity index (χ1n) is 4.49. The minimum absolute atomic E-state index is 0.238. The van der Waals surface area contributed by atoms with E-state index in [1.807, 2.05) is 19.0 Å². The van der Waals surface area contributed by atoms with Gasteiger partial charge in [0.05, 0.1) is 12.4 Å². The molecule has 0 aliphatic heterocycles. The molecule has 0 aromatic carbocycles. The van der Waals surface area contributed by atoms with Crippen LogP contribution in [0.15, 0.2) is 12.4 Å². The van der Waals surface area contributed by atoms with Crippen molar-refractivity contribution in [3.8, 4) is 5.88 Å². The van der Waals surface area contributed by atoms with E-state index in [1.54, 1.807) is 0 Å². The third-order valence-electron chi connectivity index (χ3n) is 1.67. The van der Waals surface area contributed by atoms with Gasteiger partial charge in [-0.1, -0.05) is 12.2 Å². The van der Waals surface area contributed by atoms with E-state index in [2.05, 4.69) is 9.97 Å². The summed E-state index contributed by atoms with van der Waals surface area (Å²) in [6.45, 7) is 1.41. The number of likely N-dealkylation sites (N-methyl/N-ethyl adjacent to an activating group) is 1. The van der Waals surface area contributed by atoms with Crippen LogP contribution < -0.4 is 10.5 Å². The molecule has 0 spiro atoms. The van der Waals surface area contributed by atoms with Crippen molar-refractivity contribution in [1.82, 2.24) is 14.9 Å². The summed E-state index contributed by atoms with van der Waals surface area (Å²) < 4.78 is 5.35. The van der Waals surface area contributed by atoms with Gasteiger partial charge in [0.25, 0.3) is 0 Å². The molecule has 0 aliphatic carbocycles. The van der Waals surface area contributed by atoms with Crippen LogP contribution in [-0.4, -0.2) is 47.1 Å². The first kappa shape index (κ1) is 11.8. The number of ether oxygens (including phenoxy) is 1. The minimum atomic E-state index is 0.238. The lowest BCUT2D eigenvalue weighted by atomic mass is 10.4. The van der Waals surface area contributed by atoms with E-state index in [-0.39, 0.29) is 4.99 Å². The number of hydrogen-bond acceptors (Lipinski definition) is 5. The Bertz CT molecular complexity index is 325. The Morgan fingerprint density at radius 2 is 2.20 bits per heavy atom. The summed E-state index contributed by atoms with van der Waals surface area (Å²) in [5, 5.41) is 0. The number of nitrogens with two attached hydrogens (primary N) is 1. The van der Waals surface area contributed by atoms with Crippen molar-refractivity contribution >= 4 is 17.2 Å². The lowest BCUT2D eigenvalue weighted by Crippen LogP contribution is -2.20. The summed E-state index contributed by atoms with van der Waals surface area (Å²) in [5.74, 6) is 0.483. The van der Waals surface area contributed by atoms with E-state index in [9.17, 15) is 0 Å². The number of nitrogens with zero attached hydrogens (tertiary/aromatic N) is 3. The molecule has 1 rings (SSSR count). The van der Waals surface area contributed by atoms with Gasteiger partial charge >= 0.3 is 0 Å². The van der Waals surface area contributed by atoms with E-state index in [4.69, 9.17) is 22.7 Å². The number of aromatic nitrogens is 2. The van der Waals surface area contributed by atoms with E-state index < -0.39 is 0 Å². The topological polar surface area (TPSA) is 64.3 Å². The lowest BCUT2D eigenvalue weighted by Gasteiger charge is -2.09. The third-order valence-corrected chi connectivity index (χ3v) is 1.88. The third kappa shape index (κ3) is 4.18. The number of rotatable bonds is 5. The predicted octanol–water partition coefficient (Wildman–Crippen LogP) is 0.0512. The average Bonchev–Trinajstić information content (AvgIpc) is 2.18. The van der Waals surface area contributed by atoms with Crippen LogP contribution in [0.5, 0.6) is 5.88 Å². The molecule has 0 radical (unpaired) electrons. The van der Waals surface area contributed by atoms with Gasteiger partial charge in [-0.2, -0.15) is 0 Å². The molecule has 1 aromatic rings. The van der Waals surface area contributed by atoms with Crippen molar-refractivity contribution < 1.29 is 4.74 Å². The van der Waals surface area contributed by atoms with Crippen LogP contribution in [-0.2, 0) is 0 Å². The van der Waals surface area contributed by atoms with Crippen LogP contribution >= 0.6 is 12.2 Å². The maximum atomic E-state index is 5.39. The second kappa shape index (κ2) is 5.57. The molecule has 82 valence electrons. The standard InChI is InChI=1S/C9H14N4OS/c1-13(2)3-4-14-8-6-11-7(5-12-8)9(10)15/h5-6H,3-4H2,1-2H3,(H2,10,15). The Morgan fingerprint density at radius 3 is 2.67 bits per heavy atom. The van der Waals surface area contributed by atoms with Crippen LogP contribution in [0, 0.1) is 0 Å². The predicted molar refractivity (Wildman–Crippen MR) is 62.0 cm³/mol. The Labute approximate surface area is 94.3 Å². The first-order chi connectivity index (χ1) is 7.09. The van der Waals surface area contributed by atoms with Crippen LogP contribution in [0.4, 0.5) is 0 Å². The van der Waals surface area contributed by atoms with Gasteiger partial charge in [-0.3, -0.25) is 0 Å². The summed E-state index contributed by atoms with van der Waals surface area (Å²) >= 11 is 4.75. The summed E-state index contributed by atoms with van der Waals surface area (Å²) in [7, 11) is 3.95. The number of thiocarbonyl (C=S) groups is 1. The Morgan fingerprint density at radius 1 is 1.47 bits per heavy atom. The van der Waals surface area contributed by atoms with Crippen molar-refractivity contribution in [3.63, 3.8) is 0 Å². The fourth-order valence-electron chi connectivity index (χ4n) is 0.851. The molecular formula is C9H14N4OS. The summed E-state index contributed by atoms with van der Waals surface area (Å²) in [4.78, 5) is 10.3. The average molecular weight is 226 g/mol. The van der Waals surface area contributed by atoms with Crippen LogP contribution in [0.1, 0.15) is 5.69 Å². The smallest absolute Gasteiger partial charge is 0.232 e. The van der Waals surface area contributed by atoms with Crippen molar-refractivity contribution in [1.29, 1.82) is 0 Å². The monoisotopic (exact) mass is 226 g/mol. The molecule has 0 amide bonds. The molecule has 0 bridgehead atoms. The molecular weight excluding hydrogens is 212 g/mol. The molecule has 0 saturated heterocycles. The molecule has 0 aliphatic rings. The summed E-state index contributed by atoms with van der Waals surface area (Å²) in [5.41, 5.74) is 5.89. The van der Waals surface area contributed by atoms with Gasteiger partial charge < -0.3 is 15.4 Å². The van der Waals surface area contributed by atoms with Crippen molar-refractivity contribution in [2.24, 2.45) is 5.73 Å². The highest BCUT2D eigenvalue weighted by Crippen LogP contribution is 2.03. The van der Waals surface area contributed by atoms with Gasteiger partial charge in [-0.25, -0.2) is 9.97 Å². The van der Waals surface area contributed by atoms with Crippen LogP contribution in [0.25, 0.3) is 0 Å². The maximum absolute atomic E-state index is 5.39. The largest absolute Gasteiger partial charge is 0.475 e. The summed E-state index contributed by atoms with van der Waals surface area (Å²) in [6, 6.07) is 0. The quantitative estimate of drug-likeness (QED) is 0.716. The van der Waals surface area contributed by atoms with E-state index in [0.29, 0.717) is 18.2 Å². The zero-order valence-corrected chi connectivity index (χ0v) is 9.62. The van der Waals surface area contributed by atoms with Gasteiger partial charge in [0.1, 0.15) is 17.3 Å². The second-order valence-electron chi connectivity index (χ2n) is 3.26. The highest BCUT2D eigenvalue weighted by molar-refractivity contribution is 7.80. The van der Waals surface area contributed by atoms with Gasteiger partial charge in [0, 0.05) is 6.54 Å². The highest BCUT2D eigenvalue weighted by atomic mass is 32.1. The van der Waals surface area contributed by atoms with Gasteiger partial charge in [-0.15, -0.1) is 0 Å². The molecule has 0 atom stereocenters. The van der Waals surface area contributed by atoms with Gasteiger partial charge in [-0.05, 0) is 14.1 Å². The zero-order valence-electron chi connectivity index (χ0n) is 8.80.